The Morgan fingerprint density at radius 1 is 1.57 bits per heavy atom. The molecule has 2 nitrogen and oxygen atoms in total. The van der Waals surface area contributed by atoms with Crippen LogP contribution >= 0.6 is 0 Å². The maximum atomic E-state index is 4.31. The van der Waals surface area contributed by atoms with E-state index in [4.69, 9.17) is 0 Å². The standard InChI is InChI=1S/C12H12N2/c1-3-10(2)8-11-9-13-12-6-4-5-7-14(11)12/h4-7,9H,1,8H2,2H3. The van der Waals surface area contributed by atoms with E-state index in [-0.39, 0.29) is 0 Å². The Morgan fingerprint density at radius 3 is 3.21 bits per heavy atom. The van der Waals surface area contributed by atoms with Gasteiger partial charge in [-0.15, -0.1) is 5.73 Å². The molecule has 0 aliphatic carbocycles. The van der Waals surface area contributed by atoms with Gasteiger partial charge in [-0.3, -0.25) is 0 Å². The van der Waals surface area contributed by atoms with Crippen LogP contribution in [0.5, 0.6) is 0 Å². The average molecular weight is 184 g/mol. The molecule has 0 saturated heterocycles. The molecule has 0 aliphatic rings. The van der Waals surface area contributed by atoms with Crippen LogP contribution in [0.15, 0.2) is 48.5 Å². The molecule has 2 aromatic rings. The van der Waals surface area contributed by atoms with Crippen LogP contribution in [0.2, 0.25) is 0 Å². The molecule has 2 heteroatoms. The van der Waals surface area contributed by atoms with Gasteiger partial charge in [0.15, 0.2) is 0 Å². The van der Waals surface area contributed by atoms with Crippen molar-refractivity contribution in [3.8, 4) is 0 Å². The van der Waals surface area contributed by atoms with E-state index in [1.807, 2.05) is 37.5 Å². The van der Waals surface area contributed by atoms with Crippen molar-refractivity contribution in [2.75, 3.05) is 0 Å². The van der Waals surface area contributed by atoms with E-state index in [2.05, 4.69) is 21.7 Å². The van der Waals surface area contributed by atoms with Crippen molar-refractivity contribution in [3.63, 3.8) is 0 Å². The van der Waals surface area contributed by atoms with Crippen molar-refractivity contribution >= 4 is 5.65 Å². The zero-order valence-electron chi connectivity index (χ0n) is 8.20. The third-order valence-corrected chi connectivity index (χ3v) is 2.24. The Kier molecular flexibility index (Phi) is 2.21. The molecule has 0 amide bonds. The fourth-order valence-electron chi connectivity index (χ4n) is 1.45. The number of nitrogens with zero attached hydrogens (tertiary/aromatic N) is 2. The van der Waals surface area contributed by atoms with E-state index in [1.165, 1.54) is 5.69 Å². The summed E-state index contributed by atoms with van der Waals surface area (Å²) in [5.74, 6) is 0. The first-order valence-corrected chi connectivity index (χ1v) is 4.58. The summed E-state index contributed by atoms with van der Waals surface area (Å²) >= 11 is 0. The van der Waals surface area contributed by atoms with Crippen molar-refractivity contribution in [2.45, 2.75) is 13.3 Å². The van der Waals surface area contributed by atoms with Crippen LogP contribution < -0.4 is 0 Å². The van der Waals surface area contributed by atoms with Crippen molar-refractivity contribution in [1.29, 1.82) is 0 Å². The Bertz CT molecular complexity index is 502. The van der Waals surface area contributed by atoms with Gasteiger partial charge in [-0.05, 0) is 24.6 Å². The second-order valence-electron chi connectivity index (χ2n) is 3.31. The summed E-state index contributed by atoms with van der Waals surface area (Å²) in [6, 6.07) is 5.99. The first kappa shape index (κ1) is 8.79. The topological polar surface area (TPSA) is 17.3 Å². The molecule has 2 rings (SSSR count). The van der Waals surface area contributed by atoms with E-state index in [9.17, 15) is 0 Å². The molecule has 0 unspecified atom stereocenters. The molecule has 14 heavy (non-hydrogen) atoms. The average Bonchev–Trinajstić information content (AvgIpc) is 2.62. The van der Waals surface area contributed by atoms with Crippen LogP contribution in [0, 0.1) is 0 Å². The highest BCUT2D eigenvalue weighted by atomic mass is 15.0. The van der Waals surface area contributed by atoms with E-state index < -0.39 is 0 Å². The Hall–Kier alpha value is -1.79. The first-order valence-electron chi connectivity index (χ1n) is 4.58. The van der Waals surface area contributed by atoms with Gasteiger partial charge in [0.25, 0.3) is 0 Å². The minimum absolute atomic E-state index is 0.856. The second kappa shape index (κ2) is 3.52. The van der Waals surface area contributed by atoms with Gasteiger partial charge in [0, 0.05) is 24.5 Å². The fourth-order valence-corrected chi connectivity index (χ4v) is 1.45. The molecule has 0 aromatic carbocycles. The summed E-state index contributed by atoms with van der Waals surface area (Å²) in [7, 11) is 0. The normalized spacial score (nSPS) is 10.1. The van der Waals surface area contributed by atoms with Gasteiger partial charge in [-0.2, -0.15) is 0 Å². The summed E-state index contributed by atoms with van der Waals surface area (Å²) in [6.45, 7) is 5.65. The smallest absolute Gasteiger partial charge is 0.136 e. The van der Waals surface area contributed by atoms with Crippen LogP contribution in [0.25, 0.3) is 5.65 Å². The number of imidazole rings is 1. The zero-order valence-corrected chi connectivity index (χ0v) is 8.20. The SMILES string of the molecule is C=C=C(C)Cc1cnc2ccccn12. The van der Waals surface area contributed by atoms with Crippen LogP contribution in [0.4, 0.5) is 0 Å². The highest BCUT2D eigenvalue weighted by Crippen LogP contribution is 2.09. The number of pyridine rings is 1. The van der Waals surface area contributed by atoms with Crippen LogP contribution in [-0.2, 0) is 6.42 Å². The van der Waals surface area contributed by atoms with Crippen molar-refractivity contribution < 1.29 is 0 Å². The van der Waals surface area contributed by atoms with Gasteiger partial charge in [0.05, 0.1) is 0 Å². The predicted octanol–water partition coefficient (Wildman–Crippen LogP) is 2.61. The summed E-state index contributed by atoms with van der Waals surface area (Å²) in [5.41, 5.74) is 6.19. The van der Waals surface area contributed by atoms with Gasteiger partial charge in [0.2, 0.25) is 0 Å². The van der Waals surface area contributed by atoms with Gasteiger partial charge >= 0.3 is 0 Å². The quantitative estimate of drug-likeness (QED) is 0.656. The monoisotopic (exact) mass is 184 g/mol. The number of hydrogen-bond donors (Lipinski definition) is 0. The lowest BCUT2D eigenvalue weighted by molar-refractivity contribution is 1.01. The molecule has 0 fully saturated rings. The van der Waals surface area contributed by atoms with Crippen molar-refractivity contribution in [2.24, 2.45) is 0 Å². The zero-order chi connectivity index (χ0) is 9.97. The molecule has 0 aliphatic heterocycles. The minimum atomic E-state index is 0.856. The van der Waals surface area contributed by atoms with Gasteiger partial charge in [-0.1, -0.05) is 12.6 Å². The number of fused-ring (bicyclic) bond motifs is 1. The third-order valence-electron chi connectivity index (χ3n) is 2.24. The summed E-state index contributed by atoms with van der Waals surface area (Å²) in [4.78, 5) is 4.31. The summed E-state index contributed by atoms with van der Waals surface area (Å²) < 4.78 is 2.08. The summed E-state index contributed by atoms with van der Waals surface area (Å²) in [6.07, 6.45) is 4.78. The van der Waals surface area contributed by atoms with Crippen LogP contribution in [-0.4, -0.2) is 9.38 Å². The van der Waals surface area contributed by atoms with Crippen LogP contribution in [0.1, 0.15) is 12.6 Å². The highest BCUT2D eigenvalue weighted by molar-refractivity contribution is 5.40. The molecule has 0 N–H and O–H groups in total. The molecule has 0 spiro atoms. The van der Waals surface area contributed by atoms with Crippen molar-refractivity contribution in [1.82, 2.24) is 9.38 Å². The molecule has 70 valence electrons. The molecule has 0 atom stereocenters. The Morgan fingerprint density at radius 2 is 2.43 bits per heavy atom. The van der Waals surface area contributed by atoms with E-state index in [1.54, 1.807) is 0 Å². The number of rotatable bonds is 2. The lowest BCUT2D eigenvalue weighted by atomic mass is 10.2. The highest BCUT2D eigenvalue weighted by Gasteiger charge is 2.01. The third kappa shape index (κ3) is 1.48. The Labute approximate surface area is 83.2 Å². The van der Waals surface area contributed by atoms with E-state index in [0.29, 0.717) is 0 Å². The van der Waals surface area contributed by atoms with Gasteiger partial charge in [0.1, 0.15) is 5.65 Å². The maximum absolute atomic E-state index is 4.31. The first-order chi connectivity index (χ1) is 6.81. The lowest BCUT2D eigenvalue weighted by Crippen LogP contribution is -1.92. The molecular weight excluding hydrogens is 172 g/mol. The van der Waals surface area contributed by atoms with Gasteiger partial charge in [-0.25, -0.2) is 4.98 Å². The van der Waals surface area contributed by atoms with E-state index >= 15 is 0 Å². The predicted molar refractivity (Wildman–Crippen MR) is 57.2 cm³/mol. The van der Waals surface area contributed by atoms with E-state index in [0.717, 1.165) is 17.6 Å². The maximum Gasteiger partial charge on any atom is 0.136 e. The lowest BCUT2D eigenvalue weighted by Gasteiger charge is -1.99. The number of allylic oxidation sites excluding steroid dienone is 1. The van der Waals surface area contributed by atoms with Crippen molar-refractivity contribution in [3.05, 3.63) is 54.2 Å². The second-order valence-corrected chi connectivity index (χ2v) is 3.31. The molecule has 0 radical (unpaired) electrons. The number of hydrogen-bond acceptors (Lipinski definition) is 1. The molecule has 2 heterocycles. The Balaban J connectivity index is 2.48. The molecule has 2 aromatic heterocycles. The molecular formula is C12H12N2. The largest absolute Gasteiger partial charge is 0.304 e. The number of aromatic nitrogens is 2. The van der Waals surface area contributed by atoms with Gasteiger partial charge < -0.3 is 4.40 Å². The fraction of sp³-hybridized carbons (Fsp3) is 0.167. The molecule has 0 bridgehead atoms. The van der Waals surface area contributed by atoms with Crippen LogP contribution in [0.3, 0.4) is 0 Å². The minimum Gasteiger partial charge on any atom is -0.304 e. The molecule has 0 saturated carbocycles. The summed E-state index contributed by atoms with van der Waals surface area (Å²) in [5, 5.41) is 0.